The monoisotopic (exact) mass is 329 g/mol. The first kappa shape index (κ1) is 16.8. The van der Waals surface area contributed by atoms with E-state index in [9.17, 15) is 4.79 Å². The minimum atomic E-state index is -0.504. The van der Waals surface area contributed by atoms with Crippen LogP contribution in [0.3, 0.4) is 0 Å². The Morgan fingerprint density at radius 2 is 1.91 bits per heavy atom. The Kier molecular flexibility index (Phi) is 5.55. The minimum absolute atomic E-state index is 0.283. The van der Waals surface area contributed by atoms with Crippen LogP contribution in [0.5, 0.6) is 5.75 Å². The molecule has 2 aromatic carbocycles. The molecule has 0 unspecified atom stereocenters. The molecule has 0 atom stereocenters. The van der Waals surface area contributed by atoms with E-state index in [1.165, 1.54) is 0 Å². The number of amides is 1. The lowest BCUT2D eigenvalue weighted by molar-refractivity contribution is -0.117. The zero-order chi connectivity index (χ0) is 16.8. The van der Waals surface area contributed by atoms with Crippen LogP contribution in [0.25, 0.3) is 5.57 Å². The fourth-order valence-corrected chi connectivity index (χ4v) is 1.95. The molecule has 23 heavy (non-hydrogen) atoms. The van der Waals surface area contributed by atoms with Crippen molar-refractivity contribution >= 4 is 29.5 Å². The third-order valence-electron chi connectivity index (χ3n) is 3.30. The van der Waals surface area contributed by atoms with Crippen molar-refractivity contribution in [2.75, 3.05) is 0 Å². The topological polar surface area (TPSA) is 47.9 Å². The largest absolute Gasteiger partial charge is 0.287 e. The Morgan fingerprint density at radius 1 is 1.17 bits per heavy atom. The van der Waals surface area contributed by atoms with Crippen LogP contribution in [0, 0.1) is 13.8 Å². The average Bonchev–Trinajstić information content (AvgIpc) is 2.54. The summed E-state index contributed by atoms with van der Waals surface area (Å²) in [5.74, 6) is -0.169. The highest BCUT2D eigenvalue weighted by atomic mass is 35.5. The van der Waals surface area contributed by atoms with E-state index >= 15 is 0 Å². The van der Waals surface area contributed by atoms with Gasteiger partial charge in [0.2, 0.25) is 6.40 Å². The summed E-state index contributed by atoms with van der Waals surface area (Å²) in [6.07, 6.45) is 0.915. The van der Waals surface area contributed by atoms with Crippen molar-refractivity contribution in [1.29, 1.82) is 0 Å². The molecule has 0 N–H and O–H groups in total. The molecule has 0 aliphatic rings. The summed E-state index contributed by atoms with van der Waals surface area (Å²) >= 11 is 5.89. The Morgan fingerprint density at radius 3 is 2.61 bits per heavy atom. The molecule has 0 heterocycles. The second-order valence-electron chi connectivity index (χ2n) is 4.93. The molecule has 1 amide bonds. The molecule has 2 rings (SSSR count). The van der Waals surface area contributed by atoms with E-state index in [4.69, 9.17) is 21.4 Å². The molecule has 0 aliphatic heterocycles. The fraction of sp³-hybridized carbons (Fsp3) is 0.111. The maximum absolute atomic E-state index is 12.0. The molecule has 0 aromatic heterocycles. The van der Waals surface area contributed by atoms with Crippen LogP contribution in [-0.2, 0) is 9.68 Å². The van der Waals surface area contributed by atoms with E-state index in [-0.39, 0.29) is 5.57 Å². The van der Waals surface area contributed by atoms with Crippen molar-refractivity contribution in [2.24, 2.45) is 4.99 Å². The van der Waals surface area contributed by atoms with Gasteiger partial charge in [-0.1, -0.05) is 48.5 Å². The predicted molar refractivity (Wildman–Crippen MR) is 91.6 cm³/mol. The molecule has 0 radical (unpaired) electrons. The standard InChI is InChI=1S/C18H16ClNO3/c1-12-8-9-15(10-13(12)2)14(3)18(21)20-11-22-23-17-7-5-4-6-16(17)19/h4-11H,3H2,1-2H3. The fourth-order valence-electron chi connectivity index (χ4n) is 1.79. The number of halogens is 1. The molecule has 0 saturated heterocycles. The number of rotatable bonds is 5. The quantitative estimate of drug-likeness (QED) is 0.266. The van der Waals surface area contributed by atoms with Crippen LogP contribution in [-0.4, -0.2) is 12.3 Å². The molecule has 0 aliphatic carbocycles. The van der Waals surface area contributed by atoms with Crippen LogP contribution >= 0.6 is 11.6 Å². The summed E-state index contributed by atoms with van der Waals surface area (Å²) in [5.41, 5.74) is 3.24. The molecular weight excluding hydrogens is 314 g/mol. The van der Waals surface area contributed by atoms with E-state index in [1.807, 2.05) is 32.0 Å². The van der Waals surface area contributed by atoms with Gasteiger partial charge in [-0.05, 0) is 42.7 Å². The van der Waals surface area contributed by atoms with Crippen LogP contribution in [0.4, 0.5) is 0 Å². The lowest BCUT2D eigenvalue weighted by Crippen LogP contribution is -2.01. The van der Waals surface area contributed by atoms with Gasteiger partial charge in [-0.3, -0.25) is 14.6 Å². The Balaban J connectivity index is 1.94. The molecule has 5 heteroatoms. The summed E-state index contributed by atoms with van der Waals surface area (Å²) in [4.78, 5) is 25.3. The smallest absolute Gasteiger partial charge is 0.279 e. The van der Waals surface area contributed by atoms with Crippen molar-refractivity contribution in [1.82, 2.24) is 0 Å². The predicted octanol–water partition coefficient (Wildman–Crippen LogP) is 4.54. The molecule has 0 spiro atoms. The van der Waals surface area contributed by atoms with E-state index in [0.29, 0.717) is 10.8 Å². The van der Waals surface area contributed by atoms with E-state index in [0.717, 1.165) is 23.1 Å². The zero-order valence-electron chi connectivity index (χ0n) is 12.9. The summed E-state index contributed by atoms with van der Waals surface area (Å²) in [6.45, 7) is 7.74. The van der Waals surface area contributed by atoms with Crippen molar-refractivity contribution < 1.29 is 14.6 Å². The first-order valence-electron chi connectivity index (χ1n) is 6.90. The lowest BCUT2D eigenvalue weighted by atomic mass is 10.0. The molecule has 4 nitrogen and oxygen atoms in total. The van der Waals surface area contributed by atoms with Crippen molar-refractivity contribution in [2.45, 2.75) is 13.8 Å². The van der Waals surface area contributed by atoms with Crippen molar-refractivity contribution in [3.8, 4) is 5.75 Å². The van der Waals surface area contributed by atoms with Gasteiger partial charge in [-0.15, -0.1) is 0 Å². The van der Waals surface area contributed by atoms with Crippen LogP contribution in [0.15, 0.2) is 54.0 Å². The normalized spacial score (nSPS) is 10.6. The summed E-state index contributed by atoms with van der Waals surface area (Å²) in [6, 6.07) is 12.5. The van der Waals surface area contributed by atoms with E-state index < -0.39 is 5.91 Å². The number of aliphatic imine (C=N–C) groups is 1. The summed E-state index contributed by atoms with van der Waals surface area (Å²) in [5, 5.41) is 0.395. The number of carbonyl (C=O) groups excluding carboxylic acids is 1. The highest BCUT2D eigenvalue weighted by molar-refractivity contribution is 6.32. The van der Waals surface area contributed by atoms with Gasteiger partial charge in [-0.2, -0.15) is 4.99 Å². The first-order valence-corrected chi connectivity index (χ1v) is 7.28. The highest BCUT2D eigenvalue weighted by Crippen LogP contribution is 2.23. The van der Waals surface area contributed by atoms with Gasteiger partial charge >= 0.3 is 0 Å². The number of nitrogens with zero attached hydrogens (tertiary/aromatic N) is 1. The van der Waals surface area contributed by atoms with Gasteiger partial charge in [-0.25, -0.2) is 0 Å². The third-order valence-corrected chi connectivity index (χ3v) is 3.61. The second kappa shape index (κ2) is 7.61. The van der Waals surface area contributed by atoms with E-state index in [1.54, 1.807) is 24.3 Å². The lowest BCUT2D eigenvalue weighted by Gasteiger charge is -2.05. The molecule has 118 valence electrons. The number of hydrogen-bond acceptors (Lipinski definition) is 3. The van der Waals surface area contributed by atoms with E-state index in [2.05, 4.69) is 11.6 Å². The molecule has 0 fully saturated rings. The van der Waals surface area contributed by atoms with Crippen LogP contribution in [0.1, 0.15) is 16.7 Å². The van der Waals surface area contributed by atoms with Gasteiger partial charge in [0.05, 0.1) is 5.02 Å². The van der Waals surface area contributed by atoms with Crippen molar-refractivity contribution in [3.63, 3.8) is 0 Å². The van der Waals surface area contributed by atoms with Gasteiger partial charge < -0.3 is 0 Å². The average molecular weight is 330 g/mol. The van der Waals surface area contributed by atoms with Gasteiger partial charge in [0, 0.05) is 5.57 Å². The SMILES string of the molecule is C=C(C(=O)N=COOc1ccccc1Cl)c1ccc(C)c(C)c1. The minimum Gasteiger partial charge on any atom is -0.287 e. The number of para-hydroxylation sites is 1. The van der Waals surface area contributed by atoms with Crippen molar-refractivity contribution in [3.05, 3.63) is 70.8 Å². The molecular formula is C18H16ClNO3. The molecule has 0 saturated carbocycles. The van der Waals surface area contributed by atoms with Crippen LogP contribution in [0.2, 0.25) is 5.02 Å². The second-order valence-corrected chi connectivity index (χ2v) is 5.33. The Labute approximate surface area is 140 Å². The summed E-state index contributed by atoms with van der Waals surface area (Å²) < 4.78 is 0. The maximum Gasteiger partial charge on any atom is 0.279 e. The molecule has 2 aromatic rings. The highest BCUT2D eigenvalue weighted by Gasteiger charge is 2.09. The number of aryl methyl sites for hydroxylation is 2. The van der Waals surface area contributed by atoms with Gasteiger partial charge in [0.15, 0.2) is 5.75 Å². The number of carbonyl (C=O) groups is 1. The number of benzene rings is 2. The number of hydrogen-bond donors (Lipinski definition) is 0. The molecule has 0 bridgehead atoms. The van der Waals surface area contributed by atoms with Gasteiger partial charge in [0.25, 0.3) is 5.91 Å². The third kappa shape index (κ3) is 4.44. The summed E-state index contributed by atoms with van der Waals surface area (Å²) in [7, 11) is 0. The Bertz CT molecular complexity index is 769. The first-order chi connectivity index (χ1) is 11.0. The zero-order valence-corrected chi connectivity index (χ0v) is 13.6. The Hall–Kier alpha value is -2.59. The maximum atomic E-state index is 12.0. The van der Waals surface area contributed by atoms with Crippen LogP contribution < -0.4 is 4.89 Å². The van der Waals surface area contributed by atoms with Gasteiger partial charge in [0.1, 0.15) is 0 Å².